The van der Waals surface area contributed by atoms with Crippen LogP contribution in [0.5, 0.6) is 5.88 Å². The lowest BCUT2D eigenvalue weighted by Crippen LogP contribution is -2.07. The van der Waals surface area contributed by atoms with Crippen molar-refractivity contribution in [2.24, 2.45) is 0 Å². The van der Waals surface area contributed by atoms with Gasteiger partial charge in [0, 0.05) is 24.2 Å². The van der Waals surface area contributed by atoms with Gasteiger partial charge in [0.15, 0.2) is 5.78 Å². The highest BCUT2D eigenvalue weighted by atomic mass is 16.5. The fraction of sp³-hybridized carbons (Fsp3) is 0.118. The molecule has 2 aromatic heterocycles. The lowest BCUT2D eigenvalue weighted by Gasteiger charge is -2.08. The minimum atomic E-state index is -0.0173. The van der Waals surface area contributed by atoms with E-state index < -0.39 is 0 Å². The molecule has 0 spiro atoms. The minimum absolute atomic E-state index is 0.0173. The fourth-order valence-corrected chi connectivity index (χ4v) is 2.34. The van der Waals surface area contributed by atoms with E-state index in [2.05, 4.69) is 9.97 Å². The molecule has 0 atom stereocenters. The van der Waals surface area contributed by atoms with Crippen LogP contribution in [-0.2, 0) is 6.42 Å². The molecule has 2 heterocycles. The summed E-state index contributed by atoms with van der Waals surface area (Å²) in [5.74, 6) is 0.345. The van der Waals surface area contributed by atoms with Gasteiger partial charge >= 0.3 is 0 Å². The molecule has 0 bridgehead atoms. The Morgan fingerprint density at radius 2 is 1.90 bits per heavy atom. The van der Waals surface area contributed by atoms with Crippen LogP contribution in [0.3, 0.4) is 0 Å². The lowest BCUT2D eigenvalue weighted by atomic mass is 10.0. The third-order valence-electron chi connectivity index (χ3n) is 3.36. The smallest absolute Gasteiger partial charge is 0.224 e. The van der Waals surface area contributed by atoms with Gasteiger partial charge in [0.1, 0.15) is 0 Å². The number of rotatable bonds is 4. The number of carbonyl (C=O) groups is 1. The molecular weight excluding hydrogens is 264 g/mol. The quantitative estimate of drug-likeness (QED) is 0.688. The zero-order valence-corrected chi connectivity index (χ0v) is 11.6. The van der Waals surface area contributed by atoms with Crippen LogP contribution < -0.4 is 4.74 Å². The summed E-state index contributed by atoms with van der Waals surface area (Å²) in [6, 6.07) is 13.1. The van der Waals surface area contributed by atoms with Crippen molar-refractivity contribution in [2.45, 2.75) is 6.42 Å². The summed E-state index contributed by atoms with van der Waals surface area (Å²) >= 11 is 0. The van der Waals surface area contributed by atoms with Gasteiger partial charge in [-0.05, 0) is 29.8 Å². The Labute approximate surface area is 122 Å². The van der Waals surface area contributed by atoms with Crippen molar-refractivity contribution in [2.75, 3.05) is 7.11 Å². The number of nitrogens with zero attached hydrogens (tertiary/aromatic N) is 2. The molecule has 0 N–H and O–H groups in total. The number of carbonyl (C=O) groups excluding carboxylic acids is 1. The van der Waals surface area contributed by atoms with Crippen LogP contribution in [0.15, 0.2) is 54.9 Å². The van der Waals surface area contributed by atoms with Gasteiger partial charge in [0.25, 0.3) is 0 Å². The third-order valence-corrected chi connectivity index (χ3v) is 3.36. The molecule has 0 aliphatic rings. The number of para-hydroxylation sites is 1. The third kappa shape index (κ3) is 2.60. The number of pyridine rings is 2. The van der Waals surface area contributed by atoms with E-state index in [1.165, 1.54) is 7.11 Å². The number of ketones is 1. The summed E-state index contributed by atoms with van der Waals surface area (Å²) in [6.45, 7) is 0. The first-order valence-electron chi connectivity index (χ1n) is 6.64. The fourth-order valence-electron chi connectivity index (χ4n) is 2.34. The average Bonchev–Trinajstić information content (AvgIpc) is 2.55. The Hall–Kier alpha value is -2.75. The van der Waals surface area contributed by atoms with Gasteiger partial charge in [0.05, 0.1) is 18.2 Å². The minimum Gasteiger partial charge on any atom is -0.480 e. The Bertz CT molecular complexity index is 794. The largest absolute Gasteiger partial charge is 0.480 e. The van der Waals surface area contributed by atoms with Gasteiger partial charge in [0.2, 0.25) is 5.88 Å². The summed E-state index contributed by atoms with van der Waals surface area (Å²) in [7, 11) is 1.51. The van der Waals surface area contributed by atoms with Gasteiger partial charge in [-0.2, -0.15) is 0 Å². The monoisotopic (exact) mass is 278 g/mol. The second-order valence-corrected chi connectivity index (χ2v) is 4.65. The van der Waals surface area contributed by atoms with E-state index in [1.54, 1.807) is 24.5 Å². The van der Waals surface area contributed by atoms with Crippen LogP contribution in [0.4, 0.5) is 0 Å². The number of aromatic nitrogens is 2. The summed E-state index contributed by atoms with van der Waals surface area (Å²) < 4.78 is 5.15. The number of fused-ring (bicyclic) bond motifs is 1. The molecule has 0 radical (unpaired) electrons. The van der Waals surface area contributed by atoms with E-state index in [0.717, 1.165) is 16.5 Å². The zero-order chi connectivity index (χ0) is 14.7. The summed E-state index contributed by atoms with van der Waals surface area (Å²) in [5.41, 5.74) is 2.35. The maximum absolute atomic E-state index is 12.5. The van der Waals surface area contributed by atoms with Crippen LogP contribution in [0, 0.1) is 0 Å². The topological polar surface area (TPSA) is 52.1 Å². The molecule has 21 heavy (non-hydrogen) atoms. The number of benzene rings is 1. The van der Waals surface area contributed by atoms with Crippen LogP contribution >= 0.6 is 0 Å². The first-order chi connectivity index (χ1) is 10.3. The molecule has 1 aromatic carbocycles. The summed E-state index contributed by atoms with van der Waals surface area (Å²) in [4.78, 5) is 20.9. The van der Waals surface area contributed by atoms with Crippen LogP contribution in [0.1, 0.15) is 15.9 Å². The summed E-state index contributed by atoms with van der Waals surface area (Å²) in [6.07, 6.45) is 3.63. The second kappa shape index (κ2) is 5.71. The Morgan fingerprint density at radius 3 is 2.76 bits per heavy atom. The standard InChI is InChI=1S/C17H14N2O2/c1-21-17-14(6-4-9-19-17)16(20)11-12-8-10-18-15-7-3-2-5-13(12)15/h2-10H,11H2,1H3. The van der Waals surface area contributed by atoms with Gasteiger partial charge in [-0.3, -0.25) is 9.78 Å². The van der Waals surface area contributed by atoms with Crippen molar-refractivity contribution in [3.05, 3.63) is 66.0 Å². The van der Waals surface area contributed by atoms with Gasteiger partial charge in [-0.25, -0.2) is 4.98 Å². The van der Waals surface area contributed by atoms with Crippen LogP contribution in [-0.4, -0.2) is 22.9 Å². The number of hydrogen-bond donors (Lipinski definition) is 0. The highest BCUT2D eigenvalue weighted by molar-refractivity contribution is 6.01. The molecule has 0 unspecified atom stereocenters. The van der Waals surface area contributed by atoms with Crippen LogP contribution in [0.2, 0.25) is 0 Å². The molecule has 4 heteroatoms. The van der Waals surface area contributed by atoms with Gasteiger partial charge in [-0.1, -0.05) is 18.2 Å². The van der Waals surface area contributed by atoms with E-state index >= 15 is 0 Å². The second-order valence-electron chi connectivity index (χ2n) is 4.65. The van der Waals surface area contributed by atoms with Crippen molar-refractivity contribution in [3.8, 4) is 5.88 Å². The predicted octanol–water partition coefficient (Wildman–Crippen LogP) is 3.06. The molecule has 0 aliphatic carbocycles. The average molecular weight is 278 g/mol. The number of methoxy groups -OCH3 is 1. The first-order valence-corrected chi connectivity index (χ1v) is 6.64. The van der Waals surface area contributed by atoms with E-state index in [-0.39, 0.29) is 5.78 Å². The SMILES string of the molecule is COc1ncccc1C(=O)Cc1ccnc2ccccc12. The Morgan fingerprint density at radius 1 is 1.05 bits per heavy atom. The maximum atomic E-state index is 12.5. The summed E-state index contributed by atoms with van der Waals surface area (Å²) in [5, 5.41) is 0.996. The molecule has 4 nitrogen and oxygen atoms in total. The molecule has 104 valence electrons. The van der Waals surface area contributed by atoms with Crippen LogP contribution in [0.25, 0.3) is 10.9 Å². The number of hydrogen-bond acceptors (Lipinski definition) is 4. The lowest BCUT2D eigenvalue weighted by molar-refractivity contribution is 0.0989. The molecule has 0 amide bonds. The normalized spacial score (nSPS) is 10.5. The van der Waals surface area contributed by atoms with Crippen molar-refractivity contribution in [1.29, 1.82) is 0 Å². The van der Waals surface area contributed by atoms with E-state index in [4.69, 9.17) is 4.74 Å². The van der Waals surface area contributed by atoms with E-state index in [1.807, 2.05) is 30.3 Å². The van der Waals surface area contributed by atoms with Crippen molar-refractivity contribution in [1.82, 2.24) is 9.97 Å². The molecular formula is C17H14N2O2. The molecule has 0 aliphatic heterocycles. The van der Waals surface area contributed by atoms with Crippen molar-refractivity contribution in [3.63, 3.8) is 0 Å². The van der Waals surface area contributed by atoms with Crippen molar-refractivity contribution >= 4 is 16.7 Å². The Kier molecular flexibility index (Phi) is 3.60. The molecule has 0 saturated heterocycles. The highest BCUT2D eigenvalue weighted by Gasteiger charge is 2.14. The predicted molar refractivity (Wildman–Crippen MR) is 80.6 cm³/mol. The van der Waals surface area contributed by atoms with E-state index in [9.17, 15) is 4.79 Å². The zero-order valence-electron chi connectivity index (χ0n) is 11.6. The maximum Gasteiger partial charge on any atom is 0.224 e. The van der Waals surface area contributed by atoms with E-state index in [0.29, 0.717) is 17.9 Å². The number of Topliss-reactive ketones (excluding diaryl/α,β-unsaturated/α-hetero) is 1. The number of ether oxygens (including phenoxy) is 1. The molecule has 0 saturated carbocycles. The first kappa shape index (κ1) is 13.2. The molecule has 0 fully saturated rings. The molecule has 3 rings (SSSR count). The van der Waals surface area contributed by atoms with Gasteiger partial charge < -0.3 is 4.74 Å². The van der Waals surface area contributed by atoms with Crippen molar-refractivity contribution < 1.29 is 9.53 Å². The Balaban J connectivity index is 1.97. The van der Waals surface area contributed by atoms with Gasteiger partial charge in [-0.15, -0.1) is 0 Å². The molecule has 3 aromatic rings. The highest BCUT2D eigenvalue weighted by Crippen LogP contribution is 2.21.